The summed E-state index contributed by atoms with van der Waals surface area (Å²) in [5.74, 6) is 2.10. The third-order valence-corrected chi connectivity index (χ3v) is 5.45. The lowest BCUT2D eigenvalue weighted by molar-refractivity contribution is 0.186. The predicted molar refractivity (Wildman–Crippen MR) is 76.0 cm³/mol. The monoisotopic (exact) mass is 265 g/mol. The quantitative estimate of drug-likeness (QED) is 0.765. The van der Waals surface area contributed by atoms with Crippen LogP contribution >= 0.6 is 11.3 Å². The Morgan fingerprint density at radius 1 is 1.44 bits per heavy atom. The molecule has 1 heterocycles. The number of methoxy groups -OCH3 is 1. The maximum absolute atomic E-state index is 5.11. The van der Waals surface area contributed by atoms with Gasteiger partial charge in [0.25, 0.3) is 0 Å². The molecule has 1 aromatic rings. The SMILES string of the molecule is COCCNCC1(Cc2cccs2)CC2CC2C1. The molecule has 2 saturated carbocycles. The van der Waals surface area contributed by atoms with Gasteiger partial charge in [0.2, 0.25) is 0 Å². The lowest BCUT2D eigenvalue weighted by Gasteiger charge is -2.31. The second kappa shape index (κ2) is 5.32. The van der Waals surface area contributed by atoms with E-state index >= 15 is 0 Å². The largest absolute Gasteiger partial charge is 0.383 e. The fraction of sp³-hybridized carbons (Fsp3) is 0.733. The minimum Gasteiger partial charge on any atom is -0.383 e. The van der Waals surface area contributed by atoms with Gasteiger partial charge in [-0.15, -0.1) is 11.3 Å². The molecule has 0 aliphatic heterocycles. The Morgan fingerprint density at radius 3 is 2.94 bits per heavy atom. The minimum atomic E-state index is 0.534. The lowest BCUT2D eigenvalue weighted by atomic mass is 9.79. The van der Waals surface area contributed by atoms with Crippen molar-refractivity contribution in [3.8, 4) is 0 Å². The van der Waals surface area contributed by atoms with E-state index in [1.54, 1.807) is 12.0 Å². The summed E-state index contributed by atoms with van der Waals surface area (Å²) in [4.78, 5) is 1.56. The number of thiophene rings is 1. The molecule has 2 unspecified atom stereocenters. The molecular weight excluding hydrogens is 242 g/mol. The molecule has 18 heavy (non-hydrogen) atoms. The van der Waals surface area contributed by atoms with Crippen LogP contribution < -0.4 is 5.32 Å². The van der Waals surface area contributed by atoms with Crippen LogP contribution in [0.4, 0.5) is 0 Å². The third-order valence-electron chi connectivity index (χ3n) is 4.57. The molecule has 0 amide bonds. The van der Waals surface area contributed by atoms with Gasteiger partial charge in [0.15, 0.2) is 0 Å². The fourth-order valence-electron chi connectivity index (χ4n) is 3.67. The molecule has 2 aliphatic rings. The summed E-state index contributed by atoms with van der Waals surface area (Å²) in [5, 5.41) is 5.81. The van der Waals surface area contributed by atoms with Crippen LogP contribution in [0.1, 0.15) is 24.1 Å². The average Bonchev–Trinajstić information content (AvgIpc) is 2.81. The van der Waals surface area contributed by atoms with Gasteiger partial charge in [-0.25, -0.2) is 0 Å². The normalized spacial score (nSPS) is 33.6. The smallest absolute Gasteiger partial charge is 0.0587 e. The molecular formula is C15H23NOS. The third kappa shape index (κ3) is 2.79. The van der Waals surface area contributed by atoms with E-state index in [0.29, 0.717) is 5.41 Å². The van der Waals surface area contributed by atoms with Crippen molar-refractivity contribution in [2.45, 2.75) is 25.7 Å². The molecule has 3 rings (SSSR count). The van der Waals surface area contributed by atoms with Gasteiger partial charge in [0.1, 0.15) is 0 Å². The molecule has 0 spiro atoms. The van der Waals surface area contributed by atoms with E-state index in [0.717, 1.165) is 25.0 Å². The maximum Gasteiger partial charge on any atom is 0.0587 e. The van der Waals surface area contributed by atoms with Gasteiger partial charge >= 0.3 is 0 Å². The molecule has 0 radical (unpaired) electrons. The maximum atomic E-state index is 5.11. The molecule has 1 aromatic heterocycles. The Balaban J connectivity index is 1.58. The molecule has 0 saturated heterocycles. The van der Waals surface area contributed by atoms with Crippen LogP contribution in [0.3, 0.4) is 0 Å². The molecule has 2 aliphatic carbocycles. The van der Waals surface area contributed by atoms with Crippen LogP contribution in [-0.2, 0) is 11.2 Å². The summed E-state index contributed by atoms with van der Waals surface area (Å²) in [6.07, 6.45) is 5.66. The van der Waals surface area contributed by atoms with Crippen LogP contribution in [0.25, 0.3) is 0 Å². The lowest BCUT2D eigenvalue weighted by Crippen LogP contribution is -2.36. The Morgan fingerprint density at radius 2 is 2.28 bits per heavy atom. The Kier molecular flexibility index (Phi) is 3.73. The topological polar surface area (TPSA) is 21.3 Å². The van der Waals surface area contributed by atoms with Gasteiger partial charge < -0.3 is 10.1 Å². The van der Waals surface area contributed by atoms with Gasteiger partial charge in [-0.3, -0.25) is 0 Å². The van der Waals surface area contributed by atoms with Crippen molar-refractivity contribution in [3.63, 3.8) is 0 Å². The first-order valence-corrected chi connectivity index (χ1v) is 7.91. The van der Waals surface area contributed by atoms with Gasteiger partial charge in [0.05, 0.1) is 6.61 Å². The highest BCUT2D eigenvalue weighted by molar-refractivity contribution is 7.09. The number of nitrogens with one attached hydrogen (secondary N) is 1. The van der Waals surface area contributed by atoms with E-state index < -0.39 is 0 Å². The van der Waals surface area contributed by atoms with Crippen molar-refractivity contribution < 1.29 is 4.74 Å². The summed E-state index contributed by atoms with van der Waals surface area (Å²) >= 11 is 1.92. The van der Waals surface area contributed by atoms with E-state index in [2.05, 4.69) is 22.8 Å². The van der Waals surface area contributed by atoms with Crippen molar-refractivity contribution in [2.75, 3.05) is 26.8 Å². The Labute approximate surface area is 114 Å². The summed E-state index contributed by atoms with van der Waals surface area (Å²) < 4.78 is 5.11. The molecule has 100 valence electrons. The van der Waals surface area contributed by atoms with Gasteiger partial charge in [-0.05, 0) is 54.4 Å². The highest BCUT2D eigenvalue weighted by Crippen LogP contribution is 2.60. The van der Waals surface area contributed by atoms with Crippen molar-refractivity contribution >= 4 is 11.3 Å². The first-order valence-electron chi connectivity index (χ1n) is 7.03. The fourth-order valence-corrected chi connectivity index (χ4v) is 4.55. The minimum absolute atomic E-state index is 0.534. The Hall–Kier alpha value is -0.380. The van der Waals surface area contributed by atoms with Crippen LogP contribution in [0.15, 0.2) is 17.5 Å². The zero-order valence-electron chi connectivity index (χ0n) is 11.2. The molecule has 2 nitrogen and oxygen atoms in total. The number of ether oxygens (including phenoxy) is 1. The zero-order chi connectivity index (χ0) is 12.4. The second-order valence-corrected chi connectivity index (χ2v) is 7.12. The molecule has 2 atom stereocenters. The first kappa shape index (κ1) is 12.6. The van der Waals surface area contributed by atoms with E-state index in [1.165, 1.54) is 32.2 Å². The number of rotatable bonds is 7. The van der Waals surface area contributed by atoms with Crippen molar-refractivity contribution in [1.82, 2.24) is 5.32 Å². The van der Waals surface area contributed by atoms with E-state index in [-0.39, 0.29) is 0 Å². The van der Waals surface area contributed by atoms with Crippen LogP contribution in [0.5, 0.6) is 0 Å². The highest BCUT2D eigenvalue weighted by Gasteiger charge is 2.53. The highest BCUT2D eigenvalue weighted by atomic mass is 32.1. The second-order valence-electron chi connectivity index (χ2n) is 6.09. The van der Waals surface area contributed by atoms with Crippen molar-refractivity contribution in [2.24, 2.45) is 17.3 Å². The first-order chi connectivity index (χ1) is 8.81. The summed E-state index contributed by atoms with van der Waals surface area (Å²) in [6.45, 7) is 2.97. The standard InChI is InChI=1S/C15H23NOS/c1-17-5-4-16-11-15(8-12-7-13(12)9-15)10-14-3-2-6-18-14/h2-3,6,12-13,16H,4-5,7-11H2,1H3. The average molecular weight is 265 g/mol. The number of hydrogen-bond donors (Lipinski definition) is 1. The van der Waals surface area contributed by atoms with Crippen LogP contribution in [0.2, 0.25) is 0 Å². The van der Waals surface area contributed by atoms with E-state index in [9.17, 15) is 0 Å². The van der Waals surface area contributed by atoms with Gasteiger partial charge in [-0.2, -0.15) is 0 Å². The molecule has 3 heteroatoms. The Bertz CT molecular complexity index is 366. The summed E-state index contributed by atoms with van der Waals surface area (Å²) in [7, 11) is 1.77. The van der Waals surface area contributed by atoms with Crippen LogP contribution in [-0.4, -0.2) is 26.8 Å². The van der Waals surface area contributed by atoms with Gasteiger partial charge in [0, 0.05) is 25.1 Å². The molecule has 2 fully saturated rings. The van der Waals surface area contributed by atoms with Gasteiger partial charge in [-0.1, -0.05) is 6.07 Å². The number of fused-ring (bicyclic) bond motifs is 1. The predicted octanol–water partition coefficient (Wildman–Crippen LogP) is 2.94. The zero-order valence-corrected chi connectivity index (χ0v) is 12.0. The summed E-state index contributed by atoms with van der Waals surface area (Å²) in [6, 6.07) is 4.48. The molecule has 1 N–H and O–H groups in total. The molecule has 0 bridgehead atoms. The van der Waals surface area contributed by atoms with E-state index in [1.807, 2.05) is 11.3 Å². The molecule has 0 aromatic carbocycles. The van der Waals surface area contributed by atoms with Crippen LogP contribution in [0, 0.1) is 17.3 Å². The van der Waals surface area contributed by atoms with Crippen molar-refractivity contribution in [3.05, 3.63) is 22.4 Å². The van der Waals surface area contributed by atoms with Crippen molar-refractivity contribution in [1.29, 1.82) is 0 Å². The number of hydrogen-bond acceptors (Lipinski definition) is 3. The summed E-state index contributed by atoms with van der Waals surface area (Å²) in [5.41, 5.74) is 0.534. The van der Waals surface area contributed by atoms with E-state index in [4.69, 9.17) is 4.74 Å².